The average molecular weight is 287 g/mol. The summed E-state index contributed by atoms with van der Waals surface area (Å²) in [5.41, 5.74) is 6.52. The van der Waals surface area contributed by atoms with E-state index in [4.69, 9.17) is 15.2 Å². The normalized spacial score (nSPS) is 13.4. The fourth-order valence-corrected chi connectivity index (χ4v) is 2.05. The molecule has 4 N–H and O–H groups in total. The highest BCUT2D eigenvalue weighted by Gasteiger charge is 2.11. The molecule has 21 heavy (non-hydrogen) atoms. The van der Waals surface area contributed by atoms with Gasteiger partial charge in [-0.2, -0.15) is 9.97 Å². The lowest BCUT2D eigenvalue weighted by molar-refractivity contribution is 0.297. The summed E-state index contributed by atoms with van der Waals surface area (Å²) in [6, 6.07) is 7.45. The molecule has 3 rings (SSSR count). The number of ether oxygens (including phenoxy) is 2. The summed E-state index contributed by atoms with van der Waals surface area (Å²) in [5.74, 6) is 2.96. The number of fused-ring (bicyclic) bond motifs is 1. The van der Waals surface area contributed by atoms with Gasteiger partial charge in [0.15, 0.2) is 11.5 Å². The standard InChI is InChI=1S/C14H17N5O2/c1-16-12-8-13(19-14(15)18-12)17-9-3-4-10-11(7-9)21-6-2-5-20-10/h3-4,7-8H,2,5-6H2,1H3,(H4,15,16,17,18,19). The summed E-state index contributed by atoms with van der Waals surface area (Å²) < 4.78 is 11.3. The van der Waals surface area contributed by atoms with Crippen molar-refractivity contribution < 1.29 is 9.47 Å². The van der Waals surface area contributed by atoms with E-state index in [2.05, 4.69) is 20.6 Å². The Morgan fingerprint density at radius 1 is 1.05 bits per heavy atom. The molecule has 0 spiro atoms. The fraction of sp³-hybridized carbons (Fsp3) is 0.286. The zero-order chi connectivity index (χ0) is 14.7. The van der Waals surface area contributed by atoms with Crippen LogP contribution in [-0.2, 0) is 0 Å². The van der Waals surface area contributed by atoms with Crippen LogP contribution in [0.4, 0.5) is 23.3 Å². The smallest absolute Gasteiger partial charge is 0.223 e. The maximum atomic E-state index is 5.67. The van der Waals surface area contributed by atoms with Crippen LogP contribution in [0.2, 0.25) is 0 Å². The largest absolute Gasteiger partial charge is 0.490 e. The minimum atomic E-state index is 0.207. The van der Waals surface area contributed by atoms with Gasteiger partial charge in [0, 0.05) is 31.3 Å². The molecule has 0 radical (unpaired) electrons. The molecule has 0 saturated carbocycles. The number of aromatic nitrogens is 2. The van der Waals surface area contributed by atoms with Gasteiger partial charge in [0.2, 0.25) is 5.95 Å². The van der Waals surface area contributed by atoms with E-state index < -0.39 is 0 Å². The summed E-state index contributed by atoms with van der Waals surface area (Å²) in [5, 5.41) is 6.12. The molecule has 7 nitrogen and oxygen atoms in total. The Bertz CT molecular complexity index is 647. The second-order valence-corrected chi connectivity index (χ2v) is 4.58. The van der Waals surface area contributed by atoms with E-state index in [1.807, 2.05) is 18.2 Å². The van der Waals surface area contributed by atoms with Crippen molar-refractivity contribution in [1.82, 2.24) is 9.97 Å². The lowest BCUT2D eigenvalue weighted by Crippen LogP contribution is -2.03. The highest BCUT2D eigenvalue weighted by molar-refractivity contribution is 5.64. The van der Waals surface area contributed by atoms with E-state index in [1.54, 1.807) is 13.1 Å². The molecule has 2 heterocycles. The number of anilines is 4. The summed E-state index contributed by atoms with van der Waals surface area (Å²) >= 11 is 0. The minimum Gasteiger partial charge on any atom is -0.490 e. The van der Waals surface area contributed by atoms with Gasteiger partial charge in [-0.05, 0) is 12.1 Å². The molecule has 7 heteroatoms. The van der Waals surface area contributed by atoms with Crippen molar-refractivity contribution in [2.45, 2.75) is 6.42 Å². The molecule has 1 aliphatic heterocycles. The molecule has 1 aliphatic rings. The maximum Gasteiger partial charge on any atom is 0.223 e. The van der Waals surface area contributed by atoms with Crippen molar-refractivity contribution in [3.8, 4) is 11.5 Å². The van der Waals surface area contributed by atoms with Crippen LogP contribution >= 0.6 is 0 Å². The van der Waals surface area contributed by atoms with Gasteiger partial charge in [-0.15, -0.1) is 0 Å². The van der Waals surface area contributed by atoms with Gasteiger partial charge in [0.05, 0.1) is 13.2 Å². The molecule has 0 saturated heterocycles. The van der Waals surface area contributed by atoms with Crippen LogP contribution in [-0.4, -0.2) is 30.2 Å². The SMILES string of the molecule is CNc1cc(Nc2ccc3c(c2)OCCCO3)nc(N)n1. The van der Waals surface area contributed by atoms with Crippen molar-refractivity contribution in [3.05, 3.63) is 24.3 Å². The van der Waals surface area contributed by atoms with Crippen LogP contribution in [0, 0.1) is 0 Å². The van der Waals surface area contributed by atoms with Crippen LogP contribution in [0.15, 0.2) is 24.3 Å². The van der Waals surface area contributed by atoms with Gasteiger partial charge >= 0.3 is 0 Å². The first-order valence-electron chi connectivity index (χ1n) is 6.73. The van der Waals surface area contributed by atoms with E-state index in [9.17, 15) is 0 Å². The van der Waals surface area contributed by atoms with Crippen molar-refractivity contribution in [2.24, 2.45) is 0 Å². The van der Waals surface area contributed by atoms with E-state index in [0.717, 1.165) is 23.6 Å². The third-order valence-electron chi connectivity index (χ3n) is 3.02. The van der Waals surface area contributed by atoms with Gasteiger partial charge < -0.3 is 25.8 Å². The van der Waals surface area contributed by atoms with E-state index in [0.29, 0.717) is 24.8 Å². The zero-order valence-corrected chi connectivity index (χ0v) is 11.7. The Morgan fingerprint density at radius 3 is 2.62 bits per heavy atom. The van der Waals surface area contributed by atoms with Gasteiger partial charge in [-0.3, -0.25) is 0 Å². The molecule has 1 aromatic carbocycles. The van der Waals surface area contributed by atoms with Crippen LogP contribution < -0.4 is 25.8 Å². The lowest BCUT2D eigenvalue weighted by atomic mass is 10.2. The van der Waals surface area contributed by atoms with Crippen molar-refractivity contribution >= 4 is 23.3 Å². The number of nitrogens with zero attached hydrogens (tertiary/aromatic N) is 2. The molecule has 0 fully saturated rings. The van der Waals surface area contributed by atoms with Crippen molar-refractivity contribution in [3.63, 3.8) is 0 Å². The van der Waals surface area contributed by atoms with Gasteiger partial charge in [0.1, 0.15) is 11.6 Å². The lowest BCUT2D eigenvalue weighted by Gasteiger charge is -2.11. The zero-order valence-electron chi connectivity index (χ0n) is 11.7. The molecule has 0 bridgehead atoms. The summed E-state index contributed by atoms with van der Waals surface area (Å²) in [4.78, 5) is 8.20. The molecule has 1 aromatic heterocycles. The van der Waals surface area contributed by atoms with Crippen molar-refractivity contribution in [2.75, 3.05) is 36.6 Å². The number of nitrogens with one attached hydrogen (secondary N) is 2. The number of benzene rings is 1. The van der Waals surface area contributed by atoms with E-state index in [1.165, 1.54) is 0 Å². The van der Waals surface area contributed by atoms with Crippen LogP contribution in [0.1, 0.15) is 6.42 Å². The number of hydrogen-bond donors (Lipinski definition) is 3. The number of nitrogens with two attached hydrogens (primary N) is 1. The highest BCUT2D eigenvalue weighted by atomic mass is 16.5. The predicted molar refractivity (Wildman–Crippen MR) is 81.3 cm³/mol. The van der Waals surface area contributed by atoms with Gasteiger partial charge in [0.25, 0.3) is 0 Å². The Balaban J connectivity index is 1.85. The number of hydrogen-bond acceptors (Lipinski definition) is 7. The Morgan fingerprint density at radius 2 is 1.81 bits per heavy atom. The first kappa shape index (κ1) is 13.3. The predicted octanol–water partition coefficient (Wildman–Crippen LogP) is 2.01. The molecule has 0 aliphatic carbocycles. The molecule has 0 amide bonds. The van der Waals surface area contributed by atoms with Crippen LogP contribution in [0.25, 0.3) is 0 Å². The molecule has 2 aromatic rings. The maximum absolute atomic E-state index is 5.67. The quantitative estimate of drug-likeness (QED) is 0.794. The number of rotatable bonds is 3. The Labute approximate surface area is 122 Å². The van der Waals surface area contributed by atoms with Gasteiger partial charge in [-0.1, -0.05) is 0 Å². The third-order valence-corrected chi connectivity index (χ3v) is 3.02. The Kier molecular flexibility index (Phi) is 3.63. The molecule has 0 atom stereocenters. The molecular weight excluding hydrogens is 270 g/mol. The topological polar surface area (TPSA) is 94.3 Å². The van der Waals surface area contributed by atoms with E-state index in [-0.39, 0.29) is 5.95 Å². The monoisotopic (exact) mass is 287 g/mol. The van der Waals surface area contributed by atoms with E-state index >= 15 is 0 Å². The molecule has 0 unspecified atom stereocenters. The fourth-order valence-electron chi connectivity index (χ4n) is 2.05. The third kappa shape index (κ3) is 3.07. The van der Waals surface area contributed by atoms with Gasteiger partial charge in [-0.25, -0.2) is 0 Å². The second-order valence-electron chi connectivity index (χ2n) is 4.58. The van der Waals surface area contributed by atoms with Crippen LogP contribution in [0.3, 0.4) is 0 Å². The summed E-state index contributed by atoms with van der Waals surface area (Å²) in [7, 11) is 1.78. The second kappa shape index (κ2) is 5.74. The molecular formula is C14H17N5O2. The highest BCUT2D eigenvalue weighted by Crippen LogP contribution is 2.33. The van der Waals surface area contributed by atoms with Crippen LogP contribution in [0.5, 0.6) is 11.5 Å². The first-order chi connectivity index (χ1) is 10.2. The first-order valence-corrected chi connectivity index (χ1v) is 6.73. The van der Waals surface area contributed by atoms with Crippen molar-refractivity contribution in [1.29, 1.82) is 0 Å². The Hall–Kier alpha value is -2.70. The summed E-state index contributed by atoms with van der Waals surface area (Å²) in [6.45, 7) is 1.33. The number of nitrogen functional groups attached to an aromatic ring is 1. The summed E-state index contributed by atoms with van der Waals surface area (Å²) in [6.07, 6.45) is 0.880. The molecule has 110 valence electrons. The minimum absolute atomic E-state index is 0.207. The average Bonchev–Trinajstić information content (AvgIpc) is 2.71.